The standard InChI is InChI=1S/C10H12O2.C2H6O2/c1-2-9-3-5-10(6-4-9)12-8-7-11;3-1-2-4/h2-6,11H,1,7-8H2;3-4H,1-2H2. The molecule has 0 saturated heterocycles. The first-order chi connectivity index (χ1) is 7.78. The van der Waals surface area contributed by atoms with E-state index in [4.69, 9.17) is 20.1 Å². The first-order valence-corrected chi connectivity index (χ1v) is 4.96. The third kappa shape index (κ3) is 7.00. The number of hydrogen-bond acceptors (Lipinski definition) is 4. The van der Waals surface area contributed by atoms with Gasteiger partial charge >= 0.3 is 0 Å². The molecule has 0 amide bonds. The van der Waals surface area contributed by atoms with Crippen LogP contribution in [0.15, 0.2) is 30.8 Å². The Morgan fingerprint density at radius 3 is 1.94 bits per heavy atom. The van der Waals surface area contributed by atoms with Crippen LogP contribution in [0, 0.1) is 0 Å². The smallest absolute Gasteiger partial charge is 0.119 e. The number of aliphatic hydroxyl groups is 3. The molecule has 1 aromatic rings. The molecule has 0 fully saturated rings. The van der Waals surface area contributed by atoms with Gasteiger partial charge in [-0.1, -0.05) is 24.8 Å². The second-order valence-corrected chi connectivity index (χ2v) is 2.79. The minimum Gasteiger partial charge on any atom is -0.491 e. The van der Waals surface area contributed by atoms with E-state index in [9.17, 15) is 0 Å². The van der Waals surface area contributed by atoms with Crippen molar-refractivity contribution in [2.45, 2.75) is 0 Å². The molecular weight excluding hydrogens is 208 g/mol. The normalized spacial score (nSPS) is 8.94. The van der Waals surface area contributed by atoms with Crippen LogP contribution in [0.1, 0.15) is 5.56 Å². The third-order valence-electron chi connectivity index (χ3n) is 1.58. The first-order valence-electron chi connectivity index (χ1n) is 4.96. The van der Waals surface area contributed by atoms with Crippen molar-refractivity contribution in [1.29, 1.82) is 0 Å². The van der Waals surface area contributed by atoms with Crippen LogP contribution >= 0.6 is 0 Å². The van der Waals surface area contributed by atoms with Gasteiger partial charge in [0.25, 0.3) is 0 Å². The average Bonchev–Trinajstić information content (AvgIpc) is 2.37. The second-order valence-electron chi connectivity index (χ2n) is 2.79. The maximum Gasteiger partial charge on any atom is 0.119 e. The Kier molecular flexibility index (Phi) is 9.30. The minimum absolute atomic E-state index is 0.0449. The molecule has 0 spiro atoms. The van der Waals surface area contributed by atoms with Gasteiger partial charge in [0.05, 0.1) is 19.8 Å². The van der Waals surface area contributed by atoms with Gasteiger partial charge in [0.15, 0.2) is 0 Å². The lowest BCUT2D eigenvalue weighted by Crippen LogP contribution is -2.01. The highest BCUT2D eigenvalue weighted by atomic mass is 16.5. The Morgan fingerprint density at radius 2 is 1.56 bits per heavy atom. The molecule has 0 aromatic heterocycles. The van der Waals surface area contributed by atoms with Crippen molar-refractivity contribution in [3.05, 3.63) is 36.4 Å². The van der Waals surface area contributed by atoms with Crippen molar-refractivity contribution in [3.63, 3.8) is 0 Å². The summed E-state index contributed by atoms with van der Waals surface area (Å²) < 4.78 is 5.17. The topological polar surface area (TPSA) is 69.9 Å². The average molecular weight is 226 g/mol. The van der Waals surface area contributed by atoms with E-state index in [-0.39, 0.29) is 19.8 Å². The van der Waals surface area contributed by atoms with E-state index in [1.54, 1.807) is 6.08 Å². The predicted molar refractivity (Wildman–Crippen MR) is 63.3 cm³/mol. The van der Waals surface area contributed by atoms with Crippen molar-refractivity contribution in [1.82, 2.24) is 0 Å². The van der Waals surface area contributed by atoms with Gasteiger partial charge in [-0.2, -0.15) is 0 Å². The van der Waals surface area contributed by atoms with Gasteiger partial charge in [0.1, 0.15) is 12.4 Å². The van der Waals surface area contributed by atoms with Crippen molar-refractivity contribution in [2.24, 2.45) is 0 Å². The fourth-order valence-corrected chi connectivity index (χ4v) is 0.864. The van der Waals surface area contributed by atoms with E-state index in [1.807, 2.05) is 24.3 Å². The van der Waals surface area contributed by atoms with Gasteiger partial charge in [0, 0.05) is 0 Å². The van der Waals surface area contributed by atoms with Crippen LogP contribution in [0.2, 0.25) is 0 Å². The Hall–Kier alpha value is -1.36. The maximum absolute atomic E-state index is 8.49. The van der Waals surface area contributed by atoms with Gasteiger partial charge in [-0.15, -0.1) is 0 Å². The molecule has 16 heavy (non-hydrogen) atoms. The highest BCUT2D eigenvalue weighted by Gasteiger charge is 1.91. The summed E-state index contributed by atoms with van der Waals surface area (Å²) in [6, 6.07) is 7.54. The molecule has 4 nitrogen and oxygen atoms in total. The molecule has 0 atom stereocenters. The minimum atomic E-state index is -0.125. The van der Waals surface area contributed by atoms with Crippen LogP contribution in [0.3, 0.4) is 0 Å². The molecule has 1 aromatic carbocycles. The molecule has 90 valence electrons. The number of ether oxygens (including phenoxy) is 1. The summed E-state index contributed by atoms with van der Waals surface area (Å²) in [7, 11) is 0. The molecule has 0 heterocycles. The van der Waals surface area contributed by atoms with Crippen LogP contribution in [0.25, 0.3) is 6.08 Å². The largest absolute Gasteiger partial charge is 0.491 e. The zero-order valence-electron chi connectivity index (χ0n) is 9.17. The van der Waals surface area contributed by atoms with E-state index < -0.39 is 0 Å². The zero-order valence-corrected chi connectivity index (χ0v) is 9.17. The van der Waals surface area contributed by atoms with Crippen molar-refractivity contribution < 1.29 is 20.1 Å². The summed E-state index contributed by atoms with van der Waals surface area (Å²) in [6.45, 7) is 3.78. The molecule has 1 rings (SSSR count). The van der Waals surface area contributed by atoms with Gasteiger partial charge in [-0.25, -0.2) is 0 Å². The SMILES string of the molecule is C=Cc1ccc(OCCO)cc1.OCCO. The van der Waals surface area contributed by atoms with E-state index in [0.29, 0.717) is 6.61 Å². The molecule has 0 radical (unpaired) electrons. The molecule has 0 aliphatic heterocycles. The Morgan fingerprint density at radius 1 is 1.00 bits per heavy atom. The molecule has 0 bridgehead atoms. The first kappa shape index (κ1) is 14.6. The fraction of sp³-hybridized carbons (Fsp3) is 0.333. The summed E-state index contributed by atoms with van der Waals surface area (Å²) >= 11 is 0. The highest BCUT2D eigenvalue weighted by Crippen LogP contribution is 2.12. The molecule has 4 heteroatoms. The van der Waals surface area contributed by atoms with Crippen LogP contribution in [-0.4, -0.2) is 41.7 Å². The molecule has 0 aliphatic carbocycles. The lowest BCUT2D eigenvalue weighted by molar-refractivity contribution is 0.186. The maximum atomic E-state index is 8.49. The van der Waals surface area contributed by atoms with Gasteiger partial charge in [0.2, 0.25) is 0 Å². The Bertz CT molecular complexity index is 267. The molecule has 0 unspecified atom stereocenters. The van der Waals surface area contributed by atoms with Gasteiger partial charge < -0.3 is 20.1 Å². The lowest BCUT2D eigenvalue weighted by Gasteiger charge is -2.03. The molecule has 3 N–H and O–H groups in total. The van der Waals surface area contributed by atoms with Crippen molar-refractivity contribution in [3.8, 4) is 5.75 Å². The Balaban J connectivity index is 0.000000487. The second kappa shape index (κ2) is 10.2. The molecular formula is C12H18O4. The number of aliphatic hydroxyl groups excluding tert-OH is 3. The van der Waals surface area contributed by atoms with Crippen molar-refractivity contribution >= 4 is 6.08 Å². The molecule has 0 aliphatic rings. The van der Waals surface area contributed by atoms with Gasteiger partial charge in [-0.3, -0.25) is 0 Å². The fourth-order valence-electron chi connectivity index (χ4n) is 0.864. The third-order valence-corrected chi connectivity index (χ3v) is 1.58. The van der Waals surface area contributed by atoms with E-state index >= 15 is 0 Å². The monoisotopic (exact) mass is 226 g/mol. The van der Waals surface area contributed by atoms with Gasteiger partial charge in [-0.05, 0) is 17.7 Å². The highest BCUT2D eigenvalue weighted by molar-refractivity contribution is 5.48. The van der Waals surface area contributed by atoms with Crippen molar-refractivity contribution in [2.75, 3.05) is 26.4 Å². The summed E-state index contributed by atoms with van der Waals surface area (Å²) in [5, 5.41) is 23.7. The summed E-state index contributed by atoms with van der Waals surface area (Å²) in [5.41, 5.74) is 1.06. The number of rotatable bonds is 5. The van der Waals surface area contributed by atoms with Crippen LogP contribution < -0.4 is 4.74 Å². The zero-order chi connectivity index (χ0) is 12.2. The number of hydrogen-bond donors (Lipinski definition) is 3. The summed E-state index contributed by atoms with van der Waals surface area (Å²) in [4.78, 5) is 0. The van der Waals surface area contributed by atoms with E-state index in [0.717, 1.165) is 11.3 Å². The quantitative estimate of drug-likeness (QED) is 0.690. The van der Waals surface area contributed by atoms with Crippen LogP contribution in [0.5, 0.6) is 5.75 Å². The number of benzene rings is 1. The van der Waals surface area contributed by atoms with E-state index in [1.165, 1.54) is 0 Å². The van der Waals surface area contributed by atoms with Crippen LogP contribution in [0.4, 0.5) is 0 Å². The summed E-state index contributed by atoms with van der Waals surface area (Å²) in [5.74, 6) is 0.773. The van der Waals surface area contributed by atoms with Crippen LogP contribution in [-0.2, 0) is 0 Å². The summed E-state index contributed by atoms with van der Waals surface area (Å²) in [6.07, 6.45) is 1.77. The lowest BCUT2D eigenvalue weighted by atomic mass is 10.2. The predicted octanol–water partition coefficient (Wildman–Crippen LogP) is 0.672. The molecule has 0 saturated carbocycles. The Labute approximate surface area is 95.4 Å². The van der Waals surface area contributed by atoms with E-state index in [2.05, 4.69) is 6.58 Å².